The largest absolute Gasteiger partial charge is 0.463 e. The second kappa shape index (κ2) is 6.06. The van der Waals surface area contributed by atoms with Crippen LogP contribution in [0, 0.1) is 0 Å². The summed E-state index contributed by atoms with van der Waals surface area (Å²) < 4.78 is 10.1. The Morgan fingerprint density at radius 1 is 1.10 bits per heavy atom. The molecule has 3 aromatic rings. The minimum absolute atomic E-state index is 0.242. The third-order valence-electron chi connectivity index (χ3n) is 3.15. The molecule has 0 fully saturated rings. The maximum absolute atomic E-state index is 11.3. The number of thioether (sulfide) groups is 1. The van der Waals surface area contributed by atoms with Gasteiger partial charge in [0.05, 0.1) is 12.9 Å². The lowest BCUT2D eigenvalue weighted by molar-refractivity contribution is 0.0563. The van der Waals surface area contributed by atoms with Crippen LogP contribution in [-0.2, 0) is 10.5 Å². The molecule has 0 aliphatic rings. The Morgan fingerprint density at radius 2 is 1.90 bits per heavy atom. The zero-order chi connectivity index (χ0) is 14.7. The van der Waals surface area contributed by atoms with E-state index in [2.05, 4.69) is 35.1 Å². The Labute approximate surface area is 126 Å². The van der Waals surface area contributed by atoms with Gasteiger partial charge in [0.2, 0.25) is 5.76 Å². The van der Waals surface area contributed by atoms with Crippen LogP contribution in [0.15, 0.2) is 63.9 Å². The van der Waals surface area contributed by atoms with Crippen molar-refractivity contribution in [2.45, 2.75) is 10.6 Å². The van der Waals surface area contributed by atoms with Crippen molar-refractivity contribution in [3.63, 3.8) is 0 Å². The number of hydrogen-bond acceptors (Lipinski definition) is 4. The zero-order valence-corrected chi connectivity index (χ0v) is 12.4. The fraction of sp³-hybridized carbons (Fsp3) is 0.118. The number of furan rings is 1. The number of fused-ring (bicyclic) bond motifs is 1. The summed E-state index contributed by atoms with van der Waals surface area (Å²) in [4.78, 5) is 12.5. The monoisotopic (exact) mass is 298 g/mol. The van der Waals surface area contributed by atoms with Gasteiger partial charge in [0.1, 0.15) is 5.76 Å². The standard InChI is InChI=1S/C17H14O3S/c1-19-17(18)16-9-7-14(20-16)11-21-15-8-6-12-4-2-3-5-13(12)10-15/h2-10H,11H2,1H3. The summed E-state index contributed by atoms with van der Waals surface area (Å²) in [6.45, 7) is 0. The van der Waals surface area contributed by atoms with Crippen molar-refractivity contribution >= 4 is 28.5 Å². The van der Waals surface area contributed by atoms with Crippen molar-refractivity contribution in [2.24, 2.45) is 0 Å². The molecule has 4 heteroatoms. The smallest absolute Gasteiger partial charge is 0.373 e. The molecule has 0 saturated carbocycles. The molecule has 21 heavy (non-hydrogen) atoms. The van der Waals surface area contributed by atoms with E-state index in [1.165, 1.54) is 22.8 Å². The van der Waals surface area contributed by atoms with Gasteiger partial charge in [-0.05, 0) is 35.0 Å². The fourth-order valence-corrected chi connectivity index (χ4v) is 2.92. The minimum Gasteiger partial charge on any atom is -0.463 e. The molecule has 0 N–H and O–H groups in total. The Morgan fingerprint density at radius 3 is 2.71 bits per heavy atom. The van der Waals surface area contributed by atoms with Crippen LogP contribution >= 0.6 is 11.8 Å². The quantitative estimate of drug-likeness (QED) is 0.525. The molecule has 0 saturated heterocycles. The van der Waals surface area contributed by atoms with E-state index in [1.807, 2.05) is 12.1 Å². The van der Waals surface area contributed by atoms with Crippen molar-refractivity contribution in [3.8, 4) is 0 Å². The van der Waals surface area contributed by atoms with Gasteiger partial charge in [-0.25, -0.2) is 4.79 Å². The molecular weight excluding hydrogens is 284 g/mol. The Balaban J connectivity index is 1.71. The molecule has 3 rings (SSSR count). The topological polar surface area (TPSA) is 39.4 Å². The number of ether oxygens (including phenoxy) is 1. The fourth-order valence-electron chi connectivity index (χ4n) is 2.08. The van der Waals surface area contributed by atoms with E-state index in [1.54, 1.807) is 23.9 Å². The summed E-state index contributed by atoms with van der Waals surface area (Å²) in [5, 5.41) is 2.45. The zero-order valence-electron chi connectivity index (χ0n) is 11.5. The van der Waals surface area contributed by atoms with Crippen LogP contribution in [-0.4, -0.2) is 13.1 Å². The molecule has 3 nitrogen and oxygen atoms in total. The highest BCUT2D eigenvalue weighted by Crippen LogP contribution is 2.27. The highest BCUT2D eigenvalue weighted by atomic mass is 32.2. The molecule has 0 unspecified atom stereocenters. The third-order valence-corrected chi connectivity index (χ3v) is 4.17. The lowest BCUT2D eigenvalue weighted by atomic mass is 10.1. The van der Waals surface area contributed by atoms with Crippen LogP contribution in [0.4, 0.5) is 0 Å². The predicted octanol–water partition coefficient (Wildman–Crippen LogP) is 4.51. The van der Waals surface area contributed by atoms with Gasteiger partial charge in [-0.2, -0.15) is 0 Å². The lowest BCUT2D eigenvalue weighted by Gasteiger charge is -2.02. The summed E-state index contributed by atoms with van der Waals surface area (Å²) in [5.74, 6) is 1.23. The Kier molecular flexibility index (Phi) is 3.97. The Bertz CT molecular complexity index is 776. The van der Waals surface area contributed by atoms with Gasteiger partial charge in [0.15, 0.2) is 0 Å². The van der Waals surface area contributed by atoms with Crippen molar-refractivity contribution < 1.29 is 13.9 Å². The number of esters is 1. The van der Waals surface area contributed by atoms with E-state index >= 15 is 0 Å². The van der Waals surface area contributed by atoms with Gasteiger partial charge in [-0.15, -0.1) is 11.8 Å². The first-order chi connectivity index (χ1) is 10.3. The highest BCUT2D eigenvalue weighted by Gasteiger charge is 2.11. The number of rotatable bonds is 4. The van der Waals surface area contributed by atoms with E-state index in [9.17, 15) is 4.79 Å². The molecule has 0 aliphatic carbocycles. The summed E-state index contributed by atoms with van der Waals surface area (Å²) >= 11 is 1.68. The second-order valence-corrected chi connectivity index (χ2v) is 5.60. The molecule has 0 spiro atoms. The molecular formula is C17H14O3S. The van der Waals surface area contributed by atoms with Gasteiger partial charge in [-0.3, -0.25) is 0 Å². The molecule has 2 aromatic carbocycles. The van der Waals surface area contributed by atoms with Gasteiger partial charge < -0.3 is 9.15 Å². The second-order valence-electron chi connectivity index (χ2n) is 4.56. The van der Waals surface area contributed by atoms with E-state index in [0.29, 0.717) is 5.75 Å². The van der Waals surface area contributed by atoms with Gasteiger partial charge in [-0.1, -0.05) is 30.3 Å². The first kappa shape index (κ1) is 13.8. The Hall–Kier alpha value is -2.20. The molecule has 0 radical (unpaired) electrons. The van der Waals surface area contributed by atoms with Crippen LogP contribution in [0.5, 0.6) is 0 Å². The van der Waals surface area contributed by atoms with Gasteiger partial charge in [0, 0.05) is 4.90 Å². The third kappa shape index (κ3) is 3.11. The SMILES string of the molecule is COC(=O)c1ccc(CSc2ccc3ccccc3c2)o1. The molecule has 0 bridgehead atoms. The van der Waals surface area contributed by atoms with Crippen LogP contribution in [0.25, 0.3) is 10.8 Å². The van der Waals surface area contributed by atoms with Crippen molar-refractivity contribution in [2.75, 3.05) is 7.11 Å². The summed E-state index contributed by atoms with van der Waals surface area (Å²) in [7, 11) is 1.34. The number of carbonyl (C=O) groups excluding carboxylic acids is 1. The molecule has 1 aromatic heterocycles. The van der Waals surface area contributed by atoms with Crippen LogP contribution < -0.4 is 0 Å². The minimum atomic E-state index is -0.447. The average molecular weight is 298 g/mol. The molecule has 0 amide bonds. The molecule has 0 aliphatic heterocycles. The van der Waals surface area contributed by atoms with E-state index in [0.717, 1.165) is 5.76 Å². The summed E-state index contributed by atoms with van der Waals surface area (Å²) in [6.07, 6.45) is 0. The maximum Gasteiger partial charge on any atom is 0.373 e. The van der Waals surface area contributed by atoms with Gasteiger partial charge in [0.25, 0.3) is 0 Å². The van der Waals surface area contributed by atoms with Crippen molar-refractivity contribution in [1.82, 2.24) is 0 Å². The van der Waals surface area contributed by atoms with Crippen molar-refractivity contribution in [3.05, 3.63) is 66.1 Å². The van der Waals surface area contributed by atoms with Crippen LogP contribution in [0.3, 0.4) is 0 Å². The number of methoxy groups -OCH3 is 1. The summed E-state index contributed by atoms with van der Waals surface area (Å²) in [5.41, 5.74) is 0. The van der Waals surface area contributed by atoms with Gasteiger partial charge >= 0.3 is 5.97 Å². The normalized spacial score (nSPS) is 10.7. The predicted molar refractivity (Wildman–Crippen MR) is 83.6 cm³/mol. The highest BCUT2D eigenvalue weighted by molar-refractivity contribution is 7.98. The first-order valence-electron chi connectivity index (χ1n) is 6.55. The van der Waals surface area contributed by atoms with E-state index < -0.39 is 5.97 Å². The average Bonchev–Trinajstić information content (AvgIpc) is 3.01. The number of hydrogen-bond donors (Lipinski definition) is 0. The van der Waals surface area contributed by atoms with E-state index in [-0.39, 0.29) is 5.76 Å². The lowest BCUT2D eigenvalue weighted by Crippen LogP contribution is -1.98. The van der Waals surface area contributed by atoms with Crippen LogP contribution in [0.2, 0.25) is 0 Å². The first-order valence-corrected chi connectivity index (χ1v) is 7.53. The van der Waals surface area contributed by atoms with Crippen molar-refractivity contribution in [1.29, 1.82) is 0 Å². The molecule has 0 atom stereocenters. The van der Waals surface area contributed by atoms with Crippen LogP contribution in [0.1, 0.15) is 16.3 Å². The van der Waals surface area contributed by atoms with E-state index in [4.69, 9.17) is 4.42 Å². The molecule has 106 valence electrons. The molecule has 1 heterocycles. The maximum atomic E-state index is 11.3. The summed E-state index contributed by atoms with van der Waals surface area (Å²) in [6, 6.07) is 18.1. The number of carbonyl (C=O) groups is 1. The number of benzene rings is 2.